The van der Waals surface area contributed by atoms with E-state index in [0.29, 0.717) is 21.9 Å². The molecule has 12 heteroatoms. The van der Waals surface area contributed by atoms with Crippen molar-refractivity contribution in [2.45, 2.75) is 26.0 Å². The van der Waals surface area contributed by atoms with E-state index in [4.69, 9.17) is 9.84 Å². The molecule has 2 heterocycles. The van der Waals surface area contributed by atoms with Crippen LogP contribution in [0.2, 0.25) is 0 Å². The van der Waals surface area contributed by atoms with Gasteiger partial charge in [-0.2, -0.15) is 14.4 Å². The predicted octanol–water partition coefficient (Wildman–Crippen LogP) is 3.21. The van der Waals surface area contributed by atoms with Crippen LogP contribution in [-0.2, 0) is 0 Å². The molecule has 0 aliphatic rings. The molecule has 32 heavy (non-hydrogen) atoms. The van der Waals surface area contributed by atoms with Crippen LogP contribution in [0.3, 0.4) is 0 Å². The molecule has 5 N–H and O–H groups in total. The fourth-order valence-electron chi connectivity index (χ4n) is 2.42. The first-order valence-corrected chi connectivity index (χ1v) is 10.5. The molecular formula is C20H23BrFN7O3. The number of nitrogens with one attached hydrogen (secondary N) is 3. The van der Waals surface area contributed by atoms with Gasteiger partial charge >= 0.3 is 0 Å². The molecule has 10 nitrogen and oxygen atoms in total. The Morgan fingerprint density at radius 2 is 1.62 bits per heavy atom. The number of benzene rings is 1. The van der Waals surface area contributed by atoms with Gasteiger partial charge in [0.1, 0.15) is 12.4 Å². The highest BCUT2D eigenvalue weighted by Crippen LogP contribution is 2.24. The Bertz CT molecular complexity index is 1040. The first kappa shape index (κ1) is 23.6. The van der Waals surface area contributed by atoms with Gasteiger partial charge < -0.3 is 30.9 Å². The lowest BCUT2D eigenvalue weighted by atomic mass is 10.2. The van der Waals surface area contributed by atoms with E-state index >= 15 is 0 Å². The molecule has 2 atom stereocenters. The van der Waals surface area contributed by atoms with Crippen molar-refractivity contribution in [1.82, 2.24) is 19.9 Å². The second kappa shape index (κ2) is 11.0. The molecule has 0 radical (unpaired) electrons. The van der Waals surface area contributed by atoms with Crippen molar-refractivity contribution in [1.29, 1.82) is 0 Å². The zero-order valence-electron chi connectivity index (χ0n) is 17.4. The van der Waals surface area contributed by atoms with Crippen molar-refractivity contribution >= 4 is 45.0 Å². The summed E-state index contributed by atoms with van der Waals surface area (Å²) in [6, 6.07) is 6.95. The van der Waals surface area contributed by atoms with E-state index in [1.165, 1.54) is 0 Å². The van der Waals surface area contributed by atoms with Crippen molar-refractivity contribution in [2.75, 3.05) is 29.2 Å². The van der Waals surface area contributed by atoms with Gasteiger partial charge in [-0.25, -0.2) is 9.97 Å². The molecule has 0 aliphatic carbocycles. The second-order valence-electron chi connectivity index (χ2n) is 6.81. The van der Waals surface area contributed by atoms with Crippen LogP contribution in [-0.4, -0.2) is 55.5 Å². The summed E-state index contributed by atoms with van der Waals surface area (Å²) < 4.78 is 19.4. The van der Waals surface area contributed by atoms with E-state index in [1.807, 2.05) is 6.92 Å². The van der Waals surface area contributed by atoms with Gasteiger partial charge in [-0.05, 0) is 54.0 Å². The van der Waals surface area contributed by atoms with Crippen molar-refractivity contribution in [3.8, 4) is 5.88 Å². The van der Waals surface area contributed by atoms with Gasteiger partial charge in [0.05, 0.1) is 29.4 Å². The zero-order valence-corrected chi connectivity index (χ0v) is 19.0. The molecule has 3 rings (SSSR count). The van der Waals surface area contributed by atoms with Crippen LogP contribution in [0.4, 0.5) is 33.5 Å². The maximum absolute atomic E-state index is 13.7. The fourth-order valence-corrected chi connectivity index (χ4v) is 2.72. The highest BCUT2D eigenvalue weighted by molar-refractivity contribution is 9.10. The van der Waals surface area contributed by atoms with Crippen molar-refractivity contribution in [2.24, 2.45) is 0 Å². The molecule has 170 valence electrons. The highest BCUT2D eigenvalue weighted by Gasteiger charge is 2.13. The smallest absolute Gasteiger partial charge is 0.255 e. The van der Waals surface area contributed by atoms with Crippen LogP contribution in [0, 0.1) is 5.82 Å². The number of hydrogen-bond acceptors (Lipinski definition) is 10. The van der Waals surface area contributed by atoms with Gasteiger partial charge in [0.2, 0.25) is 17.7 Å². The fraction of sp³-hybridized carbons (Fsp3) is 0.300. The molecule has 1 aromatic carbocycles. The number of ether oxygens (including phenoxy) is 1. The number of aliphatic hydroxyl groups excluding tert-OH is 2. The molecule has 0 fully saturated rings. The maximum atomic E-state index is 13.7. The SMILES string of the molecule is CC(O)[C@@H](C)Nc1nc(Nc2ccc(Nc3ncc(F)c(OCCO)n3)cc2)ncc1Br. The summed E-state index contributed by atoms with van der Waals surface area (Å²) in [7, 11) is 0. The first-order chi connectivity index (χ1) is 15.4. The zero-order chi connectivity index (χ0) is 23.1. The average Bonchev–Trinajstić information content (AvgIpc) is 2.77. The van der Waals surface area contributed by atoms with Gasteiger partial charge in [0.25, 0.3) is 5.88 Å². The van der Waals surface area contributed by atoms with Gasteiger partial charge in [-0.1, -0.05) is 0 Å². The molecule has 0 amide bonds. The van der Waals surface area contributed by atoms with Gasteiger partial charge in [0, 0.05) is 17.6 Å². The topological polar surface area (TPSA) is 137 Å². The first-order valence-electron chi connectivity index (χ1n) is 9.73. The van der Waals surface area contributed by atoms with Crippen LogP contribution in [0.5, 0.6) is 5.88 Å². The van der Waals surface area contributed by atoms with Crippen molar-refractivity contribution in [3.63, 3.8) is 0 Å². The minimum absolute atomic E-state index is 0.0684. The van der Waals surface area contributed by atoms with Crippen molar-refractivity contribution in [3.05, 3.63) is 46.9 Å². The Morgan fingerprint density at radius 3 is 2.22 bits per heavy atom. The Kier molecular flexibility index (Phi) is 8.09. The Labute approximate surface area is 192 Å². The molecule has 2 aromatic heterocycles. The highest BCUT2D eigenvalue weighted by atomic mass is 79.9. The summed E-state index contributed by atoms with van der Waals surface area (Å²) in [5, 5.41) is 27.7. The summed E-state index contributed by atoms with van der Waals surface area (Å²) >= 11 is 3.40. The third-order valence-electron chi connectivity index (χ3n) is 4.27. The van der Waals surface area contributed by atoms with E-state index < -0.39 is 11.9 Å². The van der Waals surface area contributed by atoms with Crippen LogP contribution in [0.1, 0.15) is 13.8 Å². The third-order valence-corrected chi connectivity index (χ3v) is 4.85. The third kappa shape index (κ3) is 6.45. The van der Waals surface area contributed by atoms with E-state index in [1.54, 1.807) is 37.4 Å². The van der Waals surface area contributed by atoms with E-state index in [-0.39, 0.29) is 31.1 Å². The summed E-state index contributed by atoms with van der Waals surface area (Å²) in [5.41, 5.74) is 1.40. The molecule has 0 saturated carbocycles. The summed E-state index contributed by atoms with van der Waals surface area (Å²) in [5.74, 6) is 0.133. The van der Waals surface area contributed by atoms with Gasteiger partial charge in [-0.3, -0.25) is 0 Å². The number of hydrogen-bond donors (Lipinski definition) is 5. The minimum Gasteiger partial charge on any atom is -0.473 e. The molecule has 3 aromatic rings. The summed E-state index contributed by atoms with van der Waals surface area (Å²) in [6.07, 6.45) is 2.06. The number of anilines is 5. The van der Waals surface area contributed by atoms with Gasteiger partial charge in [0.15, 0.2) is 0 Å². The molecule has 0 spiro atoms. The Balaban J connectivity index is 1.66. The largest absolute Gasteiger partial charge is 0.473 e. The van der Waals surface area contributed by atoms with Crippen LogP contribution < -0.4 is 20.7 Å². The van der Waals surface area contributed by atoms with Crippen LogP contribution in [0.25, 0.3) is 0 Å². The minimum atomic E-state index is -0.713. The lowest BCUT2D eigenvalue weighted by Gasteiger charge is -2.18. The Hall–Kier alpha value is -3.09. The molecule has 1 unspecified atom stereocenters. The van der Waals surface area contributed by atoms with Gasteiger partial charge in [-0.15, -0.1) is 0 Å². The van der Waals surface area contributed by atoms with E-state index in [2.05, 4.69) is 51.8 Å². The molecule has 0 aliphatic heterocycles. The lowest BCUT2D eigenvalue weighted by molar-refractivity contribution is 0.177. The number of aromatic nitrogens is 4. The second-order valence-corrected chi connectivity index (χ2v) is 7.66. The Morgan fingerprint density at radius 1 is 1.03 bits per heavy atom. The molecule has 0 bridgehead atoms. The number of rotatable bonds is 10. The van der Waals surface area contributed by atoms with E-state index in [9.17, 15) is 9.50 Å². The van der Waals surface area contributed by atoms with Crippen molar-refractivity contribution < 1.29 is 19.3 Å². The number of aliphatic hydroxyl groups is 2. The molecule has 0 saturated heterocycles. The quantitative estimate of drug-likeness (QED) is 0.278. The monoisotopic (exact) mass is 507 g/mol. The van der Waals surface area contributed by atoms with Crippen LogP contribution >= 0.6 is 15.9 Å². The molecular weight excluding hydrogens is 485 g/mol. The number of halogens is 2. The predicted molar refractivity (Wildman–Crippen MR) is 122 cm³/mol. The maximum Gasteiger partial charge on any atom is 0.255 e. The standard InChI is InChI=1S/C20H23BrFN7O3/c1-11(12(2)31)25-17-15(21)9-23-19(28-17)26-13-3-5-14(6-4-13)27-20-24-10-16(22)18(29-20)32-8-7-30/h3-6,9-12,30-31H,7-8H2,1-2H3,(H,24,27,29)(H2,23,25,26,28)/t11-,12?/m1/s1. The summed E-state index contributed by atoms with van der Waals surface area (Å²) in [6.45, 7) is 3.23. The van der Waals surface area contributed by atoms with E-state index in [0.717, 1.165) is 11.9 Å². The summed E-state index contributed by atoms with van der Waals surface area (Å²) in [4.78, 5) is 16.5. The average molecular weight is 508 g/mol. The lowest BCUT2D eigenvalue weighted by Crippen LogP contribution is -2.28. The number of nitrogens with zero attached hydrogens (tertiary/aromatic N) is 4. The normalized spacial score (nSPS) is 12.7. The van der Waals surface area contributed by atoms with Crippen LogP contribution in [0.15, 0.2) is 41.1 Å².